The van der Waals surface area contributed by atoms with E-state index in [2.05, 4.69) is 16.0 Å². The Labute approximate surface area is 137 Å². The molecule has 1 aromatic rings. The van der Waals surface area contributed by atoms with Gasteiger partial charge in [0.15, 0.2) is 0 Å². The van der Waals surface area contributed by atoms with Gasteiger partial charge in [0, 0.05) is 29.8 Å². The third kappa shape index (κ3) is 5.00. The predicted octanol–water partition coefficient (Wildman–Crippen LogP) is 2.56. The standard InChI is InChI=1S/C16H23N3O2.ClH/c1-10-4-7-13(18-16(21)12-5-6-12)8-14(10)19-15(20)11(2)9-17-3;/h4,7-8,11-12,17H,5-6,9H2,1-3H3,(H,18,21)(H,19,20);1H. The van der Waals surface area contributed by atoms with Crippen LogP contribution in [0.4, 0.5) is 11.4 Å². The van der Waals surface area contributed by atoms with Gasteiger partial charge in [0.25, 0.3) is 0 Å². The summed E-state index contributed by atoms with van der Waals surface area (Å²) < 4.78 is 0. The zero-order valence-electron chi connectivity index (χ0n) is 13.2. The van der Waals surface area contributed by atoms with Crippen molar-refractivity contribution in [3.8, 4) is 0 Å². The van der Waals surface area contributed by atoms with Crippen LogP contribution >= 0.6 is 12.4 Å². The number of amides is 2. The van der Waals surface area contributed by atoms with E-state index < -0.39 is 0 Å². The Kier molecular flexibility index (Phi) is 6.84. The zero-order chi connectivity index (χ0) is 15.4. The van der Waals surface area contributed by atoms with E-state index in [-0.39, 0.29) is 36.1 Å². The van der Waals surface area contributed by atoms with Crippen LogP contribution in [0.2, 0.25) is 0 Å². The summed E-state index contributed by atoms with van der Waals surface area (Å²) in [5.41, 5.74) is 2.45. The van der Waals surface area contributed by atoms with Crippen molar-refractivity contribution >= 4 is 35.6 Å². The molecular formula is C16H24ClN3O2. The molecule has 1 aliphatic rings. The molecule has 1 saturated carbocycles. The number of nitrogens with one attached hydrogen (secondary N) is 3. The topological polar surface area (TPSA) is 70.2 Å². The quantitative estimate of drug-likeness (QED) is 0.753. The second-order valence-electron chi connectivity index (χ2n) is 5.74. The Morgan fingerprint density at radius 1 is 1.27 bits per heavy atom. The second-order valence-corrected chi connectivity index (χ2v) is 5.74. The lowest BCUT2D eigenvalue weighted by molar-refractivity contribution is -0.119. The molecule has 1 atom stereocenters. The van der Waals surface area contributed by atoms with Crippen LogP contribution in [0.25, 0.3) is 0 Å². The average Bonchev–Trinajstić information content (AvgIpc) is 3.27. The molecule has 3 N–H and O–H groups in total. The molecule has 6 heteroatoms. The van der Waals surface area contributed by atoms with Crippen LogP contribution < -0.4 is 16.0 Å². The summed E-state index contributed by atoms with van der Waals surface area (Å²) in [5, 5.41) is 8.81. The van der Waals surface area contributed by atoms with Crippen molar-refractivity contribution in [2.24, 2.45) is 11.8 Å². The molecule has 22 heavy (non-hydrogen) atoms. The number of aryl methyl sites for hydroxylation is 1. The maximum absolute atomic E-state index is 12.1. The lowest BCUT2D eigenvalue weighted by Gasteiger charge is -2.14. The highest BCUT2D eigenvalue weighted by Gasteiger charge is 2.29. The molecule has 2 rings (SSSR count). The van der Waals surface area contributed by atoms with Crippen molar-refractivity contribution in [3.63, 3.8) is 0 Å². The lowest BCUT2D eigenvalue weighted by atomic mass is 10.1. The van der Waals surface area contributed by atoms with Crippen LogP contribution in [0.1, 0.15) is 25.3 Å². The number of hydrogen-bond acceptors (Lipinski definition) is 3. The highest BCUT2D eigenvalue weighted by molar-refractivity contribution is 5.97. The maximum atomic E-state index is 12.1. The summed E-state index contributed by atoms with van der Waals surface area (Å²) >= 11 is 0. The number of halogens is 1. The van der Waals surface area contributed by atoms with Crippen molar-refractivity contribution in [2.45, 2.75) is 26.7 Å². The van der Waals surface area contributed by atoms with Gasteiger partial charge in [0.05, 0.1) is 0 Å². The Morgan fingerprint density at radius 2 is 1.95 bits per heavy atom. The molecule has 5 nitrogen and oxygen atoms in total. The molecule has 0 heterocycles. The monoisotopic (exact) mass is 325 g/mol. The first-order valence-corrected chi connectivity index (χ1v) is 7.38. The number of rotatable bonds is 6. The van der Waals surface area contributed by atoms with Crippen molar-refractivity contribution in [2.75, 3.05) is 24.2 Å². The van der Waals surface area contributed by atoms with Gasteiger partial charge in [0.2, 0.25) is 11.8 Å². The fourth-order valence-electron chi connectivity index (χ4n) is 2.08. The van der Waals surface area contributed by atoms with Crippen molar-refractivity contribution < 1.29 is 9.59 Å². The van der Waals surface area contributed by atoms with Crippen LogP contribution in [0.3, 0.4) is 0 Å². The van der Waals surface area contributed by atoms with Gasteiger partial charge in [0.1, 0.15) is 0 Å². The molecule has 0 bridgehead atoms. The fourth-order valence-corrected chi connectivity index (χ4v) is 2.08. The summed E-state index contributed by atoms with van der Waals surface area (Å²) in [6.45, 7) is 4.44. The molecule has 1 aliphatic carbocycles. The van der Waals surface area contributed by atoms with Gasteiger partial charge in [-0.1, -0.05) is 13.0 Å². The van der Waals surface area contributed by atoms with Crippen LogP contribution in [0.15, 0.2) is 18.2 Å². The fraction of sp³-hybridized carbons (Fsp3) is 0.500. The summed E-state index contributed by atoms with van der Waals surface area (Å²) in [5.74, 6) is 0.0944. The molecule has 0 aliphatic heterocycles. The first-order valence-electron chi connectivity index (χ1n) is 7.38. The minimum absolute atomic E-state index is 0. The van der Waals surface area contributed by atoms with Gasteiger partial charge >= 0.3 is 0 Å². The van der Waals surface area contributed by atoms with Gasteiger partial charge in [-0.05, 0) is 44.5 Å². The van der Waals surface area contributed by atoms with Crippen LogP contribution in [0.5, 0.6) is 0 Å². The molecule has 1 unspecified atom stereocenters. The van der Waals surface area contributed by atoms with Gasteiger partial charge < -0.3 is 16.0 Å². The maximum Gasteiger partial charge on any atom is 0.228 e. The van der Waals surface area contributed by atoms with E-state index in [0.29, 0.717) is 6.54 Å². The highest BCUT2D eigenvalue weighted by Crippen LogP contribution is 2.30. The number of carbonyl (C=O) groups excluding carboxylic acids is 2. The molecule has 0 radical (unpaired) electrons. The molecule has 2 amide bonds. The van der Waals surface area contributed by atoms with Crippen LogP contribution in [0, 0.1) is 18.8 Å². The Balaban J connectivity index is 0.00000242. The number of benzene rings is 1. The van der Waals surface area contributed by atoms with Gasteiger partial charge in [-0.25, -0.2) is 0 Å². The molecule has 122 valence electrons. The van der Waals surface area contributed by atoms with Gasteiger partial charge in [-0.2, -0.15) is 0 Å². The van der Waals surface area contributed by atoms with Crippen molar-refractivity contribution in [3.05, 3.63) is 23.8 Å². The van der Waals surface area contributed by atoms with E-state index in [4.69, 9.17) is 0 Å². The highest BCUT2D eigenvalue weighted by atomic mass is 35.5. The molecule has 1 fully saturated rings. The third-order valence-corrected chi connectivity index (χ3v) is 3.67. The minimum Gasteiger partial charge on any atom is -0.326 e. The van der Waals surface area contributed by atoms with E-state index in [0.717, 1.165) is 29.8 Å². The largest absolute Gasteiger partial charge is 0.326 e. The molecule has 0 spiro atoms. The van der Waals surface area contributed by atoms with Crippen molar-refractivity contribution in [1.82, 2.24) is 5.32 Å². The van der Waals surface area contributed by atoms with E-state index in [1.165, 1.54) is 0 Å². The Morgan fingerprint density at radius 3 is 2.55 bits per heavy atom. The SMILES string of the molecule is CNCC(C)C(=O)Nc1cc(NC(=O)C2CC2)ccc1C.Cl. The smallest absolute Gasteiger partial charge is 0.228 e. The summed E-state index contributed by atoms with van der Waals surface area (Å²) in [6, 6.07) is 5.59. The summed E-state index contributed by atoms with van der Waals surface area (Å²) in [6.07, 6.45) is 1.95. The number of carbonyl (C=O) groups is 2. The predicted molar refractivity (Wildman–Crippen MR) is 91.5 cm³/mol. The van der Waals surface area contributed by atoms with E-state index >= 15 is 0 Å². The minimum atomic E-state index is -0.112. The van der Waals surface area contributed by atoms with Gasteiger partial charge in [-0.3, -0.25) is 9.59 Å². The molecule has 0 aromatic heterocycles. The first-order chi connectivity index (χ1) is 10.0. The Bertz CT molecular complexity index is 544. The first kappa shape index (κ1) is 18.5. The van der Waals surface area contributed by atoms with Crippen LogP contribution in [-0.4, -0.2) is 25.4 Å². The molecular weight excluding hydrogens is 302 g/mol. The zero-order valence-corrected chi connectivity index (χ0v) is 14.0. The number of anilines is 2. The summed E-state index contributed by atoms with van der Waals surface area (Å²) in [7, 11) is 1.82. The summed E-state index contributed by atoms with van der Waals surface area (Å²) in [4.78, 5) is 23.8. The lowest BCUT2D eigenvalue weighted by Crippen LogP contribution is -2.28. The second kappa shape index (κ2) is 8.15. The van der Waals surface area contributed by atoms with E-state index in [1.54, 1.807) is 0 Å². The van der Waals surface area contributed by atoms with E-state index in [9.17, 15) is 9.59 Å². The van der Waals surface area contributed by atoms with Gasteiger partial charge in [-0.15, -0.1) is 12.4 Å². The number of hydrogen-bond donors (Lipinski definition) is 3. The average molecular weight is 326 g/mol. The Hall–Kier alpha value is -1.59. The third-order valence-electron chi connectivity index (χ3n) is 3.67. The van der Waals surface area contributed by atoms with E-state index in [1.807, 2.05) is 39.1 Å². The molecule has 0 saturated heterocycles. The molecule has 1 aromatic carbocycles. The van der Waals surface area contributed by atoms with Crippen LogP contribution in [-0.2, 0) is 9.59 Å². The normalized spacial score (nSPS) is 14.7. The van der Waals surface area contributed by atoms with Crippen molar-refractivity contribution in [1.29, 1.82) is 0 Å².